The fourth-order valence-electron chi connectivity index (χ4n) is 4.34. The first-order valence-corrected chi connectivity index (χ1v) is 15.1. The maximum Gasteiger partial charge on any atom is 0.306 e. The first-order valence-electron chi connectivity index (χ1n) is 15.1. The van der Waals surface area contributed by atoms with Crippen LogP contribution in [0.5, 0.6) is 0 Å². The van der Waals surface area contributed by atoms with E-state index in [9.17, 15) is 19.5 Å². The number of carboxylic acid groups (broad SMARTS) is 1. The molecule has 0 radical (unpaired) electrons. The number of hydrogen-bond donors (Lipinski definition) is 0. The number of aliphatic carboxylic acids is 1. The van der Waals surface area contributed by atoms with E-state index in [1.165, 1.54) is 70.6 Å². The number of ether oxygens (including phenoxy) is 3. The number of carbonyl (C=O) groups excluding carboxylic acids is 3. The van der Waals surface area contributed by atoms with Gasteiger partial charge < -0.3 is 28.6 Å². The number of rotatable bonds is 26. The summed E-state index contributed by atoms with van der Waals surface area (Å²) in [6.07, 6.45) is 17.6. The summed E-state index contributed by atoms with van der Waals surface area (Å²) in [7, 11) is 5.35. The third-order valence-corrected chi connectivity index (χ3v) is 6.80. The molecule has 2 atom stereocenters. The van der Waals surface area contributed by atoms with Crippen LogP contribution in [0.25, 0.3) is 0 Å². The first-order chi connectivity index (χ1) is 18.1. The molecule has 8 nitrogen and oxygen atoms in total. The summed E-state index contributed by atoms with van der Waals surface area (Å²) in [6.45, 7) is 4.08. The summed E-state index contributed by atoms with van der Waals surface area (Å²) in [5.74, 6) is -1.83. The Labute approximate surface area is 232 Å². The number of unbranched alkanes of at least 4 members (excludes halogenated alkanes) is 13. The molecule has 0 aromatic heterocycles. The molecule has 0 aliphatic heterocycles. The number of esters is 2. The van der Waals surface area contributed by atoms with E-state index in [0.717, 1.165) is 19.3 Å². The van der Waals surface area contributed by atoms with Crippen LogP contribution >= 0.6 is 0 Å². The van der Waals surface area contributed by atoms with Crippen LogP contribution in [0.1, 0.15) is 123 Å². The largest absolute Gasteiger partial charge is 0.544 e. The van der Waals surface area contributed by atoms with Crippen LogP contribution in [0.15, 0.2) is 0 Å². The predicted octanol–water partition coefficient (Wildman–Crippen LogP) is 4.95. The van der Waals surface area contributed by atoms with Gasteiger partial charge in [-0.3, -0.25) is 9.59 Å². The van der Waals surface area contributed by atoms with Gasteiger partial charge in [0, 0.05) is 19.3 Å². The SMILES string of the molecule is CCCCCCCCCCCCCCCCC(=O)OC(COCCC(C(=O)[O-])[N+](C)(C)C)COC(=O)CC. The highest BCUT2D eigenvalue weighted by atomic mass is 16.6. The topological polar surface area (TPSA) is 102 Å². The van der Waals surface area contributed by atoms with Crippen molar-refractivity contribution < 1.29 is 38.2 Å². The number of nitrogens with zero attached hydrogens (tertiary/aromatic N) is 1. The Hall–Kier alpha value is -1.67. The van der Waals surface area contributed by atoms with Crippen LogP contribution in [0.3, 0.4) is 0 Å². The quantitative estimate of drug-likeness (QED) is 0.0864. The molecule has 224 valence electrons. The molecule has 0 saturated carbocycles. The van der Waals surface area contributed by atoms with Crippen LogP contribution in [-0.2, 0) is 28.6 Å². The van der Waals surface area contributed by atoms with Crippen LogP contribution in [-0.4, -0.2) is 75.5 Å². The molecular weight excluding hydrogens is 486 g/mol. The number of likely N-dealkylation sites (N-methyl/N-ethyl adjacent to an activating group) is 1. The molecule has 0 rings (SSSR count). The van der Waals surface area contributed by atoms with Crippen LogP contribution in [0.4, 0.5) is 0 Å². The van der Waals surface area contributed by atoms with Crippen molar-refractivity contribution >= 4 is 17.9 Å². The predicted molar refractivity (Wildman–Crippen MR) is 148 cm³/mol. The van der Waals surface area contributed by atoms with Gasteiger partial charge in [0.25, 0.3) is 0 Å². The van der Waals surface area contributed by atoms with E-state index in [2.05, 4.69) is 6.92 Å². The average molecular weight is 544 g/mol. The lowest BCUT2D eigenvalue weighted by atomic mass is 10.0. The molecule has 0 aromatic rings. The minimum atomic E-state index is -1.13. The monoisotopic (exact) mass is 543 g/mol. The Morgan fingerprint density at radius 1 is 0.711 bits per heavy atom. The summed E-state index contributed by atoms with van der Waals surface area (Å²) in [4.78, 5) is 35.3. The summed E-state index contributed by atoms with van der Waals surface area (Å²) < 4.78 is 16.5. The van der Waals surface area contributed by atoms with Crippen molar-refractivity contribution in [1.82, 2.24) is 0 Å². The standard InChI is InChI=1S/C30H57NO7/c1-6-8-9-10-11-12-13-14-15-16-17-18-19-20-21-29(33)38-26(25-37-28(32)7-2)24-36-23-22-27(30(34)35)31(3,4)5/h26-27H,6-25H2,1-5H3. The summed E-state index contributed by atoms with van der Waals surface area (Å²) in [6, 6.07) is -0.714. The van der Waals surface area contributed by atoms with Gasteiger partial charge in [-0.25, -0.2) is 0 Å². The number of carbonyl (C=O) groups is 3. The lowest BCUT2D eigenvalue weighted by Gasteiger charge is -2.34. The molecule has 0 spiro atoms. The zero-order chi connectivity index (χ0) is 28.7. The Balaban J connectivity index is 4.09. The minimum Gasteiger partial charge on any atom is -0.544 e. The molecule has 38 heavy (non-hydrogen) atoms. The maximum absolute atomic E-state index is 12.3. The minimum absolute atomic E-state index is 0.0401. The first kappa shape index (κ1) is 36.3. The van der Waals surface area contributed by atoms with Gasteiger partial charge >= 0.3 is 11.9 Å². The Morgan fingerprint density at radius 2 is 1.21 bits per heavy atom. The fourth-order valence-corrected chi connectivity index (χ4v) is 4.34. The van der Waals surface area contributed by atoms with Crippen LogP contribution in [0, 0.1) is 0 Å². The number of quaternary nitrogens is 1. The van der Waals surface area contributed by atoms with Gasteiger partial charge in [-0.05, 0) is 6.42 Å². The van der Waals surface area contributed by atoms with Gasteiger partial charge in [0.1, 0.15) is 12.6 Å². The van der Waals surface area contributed by atoms with Gasteiger partial charge in [0.15, 0.2) is 6.10 Å². The number of hydrogen-bond acceptors (Lipinski definition) is 7. The molecule has 0 aliphatic carbocycles. The Kier molecular flexibility index (Phi) is 22.2. The van der Waals surface area contributed by atoms with Crippen molar-refractivity contribution in [1.29, 1.82) is 0 Å². The second-order valence-corrected chi connectivity index (χ2v) is 11.3. The smallest absolute Gasteiger partial charge is 0.306 e. The highest BCUT2D eigenvalue weighted by Gasteiger charge is 2.25. The van der Waals surface area contributed by atoms with E-state index in [-0.39, 0.29) is 49.1 Å². The highest BCUT2D eigenvalue weighted by Crippen LogP contribution is 2.14. The zero-order valence-corrected chi connectivity index (χ0v) is 25.1. The van der Waals surface area contributed by atoms with Crippen molar-refractivity contribution in [3.63, 3.8) is 0 Å². The number of carboxylic acids is 1. The van der Waals surface area contributed by atoms with E-state index in [1.807, 2.05) is 0 Å². The second kappa shape index (κ2) is 23.2. The molecule has 2 unspecified atom stereocenters. The summed E-state index contributed by atoms with van der Waals surface area (Å²) in [5.41, 5.74) is 0. The third-order valence-electron chi connectivity index (χ3n) is 6.80. The molecule has 0 N–H and O–H groups in total. The van der Waals surface area contributed by atoms with E-state index < -0.39 is 18.1 Å². The molecule has 0 fully saturated rings. The molecule has 0 amide bonds. The van der Waals surface area contributed by atoms with E-state index in [1.54, 1.807) is 28.1 Å². The maximum atomic E-state index is 12.3. The van der Waals surface area contributed by atoms with E-state index >= 15 is 0 Å². The second-order valence-electron chi connectivity index (χ2n) is 11.3. The van der Waals surface area contributed by atoms with Gasteiger partial charge in [-0.1, -0.05) is 97.3 Å². The molecular formula is C30H57NO7. The van der Waals surface area contributed by atoms with Gasteiger partial charge in [-0.15, -0.1) is 0 Å². The molecule has 0 heterocycles. The van der Waals surface area contributed by atoms with Crippen molar-refractivity contribution in [2.24, 2.45) is 0 Å². The lowest BCUT2D eigenvalue weighted by Crippen LogP contribution is -2.55. The molecule has 8 heteroatoms. The summed E-state index contributed by atoms with van der Waals surface area (Å²) in [5, 5.41) is 11.4. The lowest BCUT2D eigenvalue weighted by molar-refractivity contribution is -0.889. The van der Waals surface area contributed by atoms with Gasteiger partial charge in [0.05, 0.1) is 40.3 Å². The highest BCUT2D eigenvalue weighted by molar-refractivity contribution is 5.70. The summed E-state index contributed by atoms with van der Waals surface area (Å²) >= 11 is 0. The van der Waals surface area contributed by atoms with E-state index in [0.29, 0.717) is 6.42 Å². The van der Waals surface area contributed by atoms with Crippen LogP contribution in [0.2, 0.25) is 0 Å². The molecule has 0 saturated heterocycles. The normalized spacial score (nSPS) is 13.2. The van der Waals surface area contributed by atoms with Gasteiger partial charge in [-0.2, -0.15) is 0 Å². The molecule has 0 bridgehead atoms. The van der Waals surface area contributed by atoms with Crippen molar-refractivity contribution in [2.75, 3.05) is 41.0 Å². The molecule has 0 aliphatic rings. The Bertz CT molecular complexity index is 618. The van der Waals surface area contributed by atoms with Crippen LogP contribution < -0.4 is 5.11 Å². The van der Waals surface area contributed by atoms with Crippen molar-refractivity contribution in [3.05, 3.63) is 0 Å². The molecule has 0 aromatic carbocycles. The van der Waals surface area contributed by atoms with Gasteiger partial charge in [0.2, 0.25) is 0 Å². The zero-order valence-electron chi connectivity index (χ0n) is 25.1. The fraction of sp³-hybridized carbons (Fsp3) is 0.900. The average Bonchev–Trinajstić information content (AvgIpc) is 2.85. The van der Waals surface area contributed by atoms with Crippen molar-refractivity contribution in [3.8, 4) is 0 Å². The van der Waals surface area contributed by atoms with E-state index in [4.69, 9.17) is 14.2 Å². The Morgan fingerprint density at radius 3 is 1.66 bits per heavy atom. The third kappa shape index (κ3) is 21.3. The van der Waals surface area contributed by atoms with Crippen molar-refractivity contribution in [2.45, 2.75) is 135 Å².